The van der Waals surface area contributed by atoms with Crippen LogP contribution < -0.4 is 10.6 Å². The molecule has 4 heteroatoms. The second kappa shape index (κ2) is 4.06. The predicted octanol–water partition coefficient (Wildman–Crippen LogP) is 2.72. The Morgan fingerprint density at radius 1 is 1.33 bits per heavy atom. The number of aromatic nitrogens is 1. The second-order valence-electron chi connectivity index (χ2n) is 3.40. The van der Waals surface area contributed by atoms with Gasteiger partial charge in [-0.1, -0.05) is 11.3 Å². The monoisotopic (exact) mass is 221 g/mol. The molecule has 0 aliphatic rings. The zero-order valence-electron chi connectivity index (χ0n) is 9.03. The Morgan fingerprint density at radius 2 is 2.07 bits per heavy atom. The molecule has 0 spiro atoms. The van der Waals surface area contributed by atoms with Crippen molar-refractivity contribution in [1.29, 1.82) is 0 Å². The Labute approximate surface area is 93.5 Å². The summed E-state index contributed by atoms with van der Waals surface area (Å²) in [5, 5.41) is 1.08. The lowest BCUT2D eigenvalue weighted by Gasteiger charge is -2.16. The van der Waals surface area contributed by atoms with Gasteiger partial charge in [0.25, 0.3) is 0 Å². The van der Waals surface area contributed by atoms with E-state index in [-0.39, 0.29) is 0 Å². The number of nitrogen functional groups attached to an aromatic ring is 1. The normalized spacial score (nSPS) is 10.8. The minimum absolute atomic E-state index is 0.803. The molecule has 0 saturated carbocycles. The van der Waals surface area contributed by atoms with Crippen LogP contribution in [0.1, 0.15) is 13.8 Å². The molecule has 2 N–H and O–H groups in total. The van der Waals surface area contributed by atoms with Crippen LogP contribution in [0.4, 0.5) is 10.8 Å². The van der Waals surface area contributed by atoms with Gasteiger partial charge in [0.05, 0.1) is 10.2 Å². The van der Waals surface area contributed by atoms with Crippen LogP contribution in [0, 0.1) is 0 Å². The molecule has 15 heavy (non-hydrogen) atoms. The van der Waals surface area contributed by atoms with E-state index in [4.69, 9.17) is 5.73 Å². The maximum atomic E-state index is 5.74. The van der Waals surface area contributed by atoms with Crippen LogP contribution in [0.3, 0.4) is 0 Å². The number of rotatable bonds is 3. The molecule has 0 aliphatic carbocycles. The summed E-state index contributed by atoms with van der Waals surface area (Å²) in [6.45, 7) is 6.27. The van der Waals surface area contributed by atoms with E-state index in [2.05, 4.69) is 23.7 Å². The van der Waals surface area contributed by atoms with Gasteiger partial charge in [-0.15, -0.1) is 0 Å². The van der Waals surface area contributed by atoms with E-state index in [1.54, 1.807) is 11.3 Å². The molecule has 0 radical (unpaired) electrons. The summed E-state index contributed by atoms with van der Waals surface area (Å²) in [6, 6.07) is 5.86. The first-order chi connectivity index (χ1) is 7.24. The molecule has 0 saturated heterocycles. The minimum Gasteiger partial charge on any atom is -0.399 e. The predicted molar refractivity (Wildman–Crippen MR) is 67.6 cm³/mol. The molecular formula is C11H15N3S. The Kier molecular flexibility index (Phi) is 2.77. The van der Waals surface area contributed by atoms with Gasteiger partial charge in [0.2, 0.25) is 0 Å². The topological polar surface area (TPSA) is 42.2 Å². The van der Waals surface area contributed by atoms with E-state index in [1.807, 2.05) is 18.2 Å². The van der Waals surface area contributed by atoms with E-state index in [1.165, 1.54) is 0 Å². The molecule has 0 unspecified atom stereocenters. The van der Waals surface area contributed by atoms with Crippen LogP contribution >= 0.6 is 11.3 Å². The number of fused-ring (bicyclic) bond motifs is 1. The van der Waals surface area contributed by atoms with Crippen LogP contribution in [0.2, 0.25) is 0 Å². The minimum atomic E-state index is 0.803. The zero-order valence-corrected chi connectivity index (χ0v) is 9.84. The summed E-state index contributed by atoms with van der Waals surface area (Å²) in [6.07, 6.45) is 0. The summed E-state index contributed by atoms with van der Waals surface area (Å²) in [5.74, 6) is 0. The van der Waals surface area contributed by atoms with Gasteiger partial charge in [-0.25, -0.2) is 4.98 Å². The molecular weight excluding hydrogens is 206 g/mol. The Bertz CT molecular complexity index is 460. The van der Waals surface area contributed by atoms with Crippen molar-refractivity contribution in [2.45, 2.75) is 13.8 Å². The average Bonchev–Trinajstić information content (AvgIpc) is 2.62. The highest BCUT2D eigenvalue weighted by Gasteiger charge is 2.08. The lowest BCUT2D eigenvalue weighted by Crippen LogP contribution is -2.21. The van der Waals surface area contributed by atoms with Crippen molar-refractivity contribution in [3.05, 3.63) is 18.2 Å². The van der Waals surface area contributed by atoms with Gasteiger partial charge in [-0.05, 0) is 32.0 Å². The maximum Gasteiger partial charge on any atom is 0.186 e. The van der Waals surface area contributed by atoms with Gasteiger partial charge < -0.3 is 10.6 Å². The summed E-state index contributed by atoms with van der Waals surface area (Å²) in [4.78, 5) is 6.84. The first-order valence-electron chi connectivity index (χ1n) is 5.15. The molecule has 1 aromatic heterocycles. The van der Waals surface area contributed by atoms with Crippen LogP contribution in [0.15, 0.2) is 18.2 Å². The van der Waals surface area contributed by atoms with Crippen molar-refractivity contribution in [2.75, 3.05) is 23.7 Å². The van der Waals surface area contributed by atoms with E-state index in [9.17, 15) is 0 Å². The lowest BCUT2D eigenvalue weighted by atomic mass is 10.3. The molecule has 0 atom stereocenters. The molecule has 1 aromatic carbocycles. The van der Waals surface area contributed by atoms with Gasteiger partial charge in [0.1, 0.15) is 0 Å². The maximum absolute atomic E-state index is 5.74. The van der Waals surface area contributed by atoms with Crippen molar-refractivity contribution in [3.63, 3.8) is 0 Å². The quantitative estimate of drug-likeness (QED) is 0.810. The van der Waals surface area contributed by atoms with Crippen molar-refractivity contribution < 1.29 is 0 Å². The number of thiazole rings is 1. The van der Waals surface area contributed by atoms with Crippen molar-refractivity contribution in [2.24, 2.45) is 0 Å². The molecule has 3 nitrogen and oxygen atoms in total. The molecule has 2 aromatic rings. The molecule has 80 valence electrons. The zero-order chi connectivity index (χ0) is 10.8. The second-order valence-corrected chi connectivity index (χ2v) is 4.40. The molecule has 0 aliphatic heterocycles. The standard InChI is InChI=1S/C11H15N3S/c1-3-14(4-2)11-13-9-6-5-8(12)7-10(9)15-11/h5-7H,3-4,12H2,1-2H3. The van der Waals surface area contributed by atoms with Crippen LogP contribution in [0.5, 0.6) is 0 Å². The third-order valence-electron chi connectivity index (χ3n) is 2.44. The fourth-order valence-electron chi connectivity index (χ4n) is 1.56. The van der Waals surface area contributed by atoms with E-state index < -0.39 is 0 Å². The Hall–Kier alpha value is -1.29. The van der Waals surface area contributed by atoms with Crippen LogP contribution in [-0.4, -0.2) is 18.1 Å². The van der Waals surface area contributed by atoms with Gasteiger partial charge in [0.15, 0.2) is 5.13 Å². The highest BCUT2D eigenvalue weighted by Crippen LogP contribution is 2.29. The summed E-state index contributed by atoms with van der Waals surface area (Å²) in [7, 11) is 0. The average molecular weight is 221 g/mol. The molecule has 0 fully saturated rings. The third kappa shape index (κ3) is 1.90. The number of nitrogens with zero attached hydrogens (tertiary/aromatic N) is 2. The lowest BCUT2D eigenvalue weighted by molar-refractivity contribution is 0.862. The van der Waals surface area contributed by atoms with Crippen molar-refractivity contribution >= 4 is 32.4 Å². The number of benzene rings is 1. The summed E-state index contributed by atoms with van der Waals surface area (Å²) >= 11 is 1.70. The number of nitrogens with two attached hydrogens (primary N) is 1. The SMILES string of the molecule is CCN(CC)c1nc2ccc(N)cc2s1. The fourth-order valence-corrected chi connectivity index (χ4v) is 2.70. The highest BCUT2D eigenvalue weighted by molar-refractivity contribution is 7.22. The first kappa shape index (κ1) is 10.2. The van der Waals surface area contributed by atoms with Crippen molar-refractivity contribution in [1.82, 2.24) is 4.98 Å². The third-order valence-corrected chi connectivity index (χ3v) is 3.51. The molecule has 0 amide bonds. The van der Waals surface area contributed by atoms with Crippen LogP contribution in [0.25, 0.3) is 10.2 Å². The van der Waals surface area contributed by atoms with Gasteiger partial charge in [-0.2, -0.15) is 0 Å². The smallest absolute Gasteiger partial charge is 0.186 e. The molecule has 0 bridgehead atoms. The Balaban J connectivity index is 2.46. The number of hydrogen-bond acceptors (Lipinski definition) is 4. The first-order valence-corrected chi connectivity index (χ1v) is 5.97. The van der Waals surface area contributed by atoms with Gasteiger partial charge >= 0.3 is 0 Å². The molecule has 2 rings (SSSR count). The number of anilines is 2. The Morgan fingerprint density at radius 3 is 2.73 bits per heavy atom. The van der Waals surface area contributed by atoms with Crippen LogP contribution in [-0.2, 0) is 0 Å². The summed E-state index contributed by atoms with van der Waals surface area (Å²) < 4.78 is 1.16. The number of hydrogen-bond donors (Lipinski definition) is 1. The fraction of sp³-hybridized carbons (Fsp3) is 0.364. The van der Waals surface area contributed by atoms with Gasteiger partial charge in [-0.3, -0.25) is 0 Å². The van der Waals surface area contributed by atoms with E-state index in [0.29, 0.717) is 0 Å². The summed E-state index contributed by atoms with van der Waals surface area (Å²) in [5.41, 5.74) is 7.58. The highest BCUT2D eigenvalue weighted by atomic mass is 32.1. The van der Waals surface area contributed by atoms with Crippen molar-refractivity contribution in [3.8, 4) is 0 Å². The van der Waals surface area contributed by atoms with E-state index >= 15 is 0 Å². The van der Waals surface area contributed by atoms with E-state index in [0.717, 1.165) is 34.1 Å². The molecule has 1 heterocycles. The van der Waals surface area contributed by atoms with Gasteiger partial charge in [0, 0.05) is 18.8 Å². The largest absolute Gasteiger partial charge is 0.399 e.